The molecule has 0 spiro atoms. The Bertz CT molecular complexity index is 735. The first-order valence-corrected chi connectivity index (χ1v) is 8.95. The average molecular weight is 391 g/mol. The predicted octanol–water partition coefficient (Wildman–Crippen LogP) is 3.77. The minimum atomic E-state index is -0.407. The zero-order chi connectivity index (χ0) is 16.9. The number of fused-ring (bicyclic) bond motifs is 1. The molecule has 0 aromatic heterocycles. The van der Waals surface area contributed by atoms with E-state index in [2.05, 4.69) is 50.4 Å². The third-order valence-corrected chi connectivity index (χ3v) is 5.01. The van der Waals surface area contributed by atoms with Crippen molar-refractivity contribution in [3.05, 3.63) is 69.4 Å². The van der Waals surface area contributed by atoms with Crippen molar-refractivity contribution < 1.29 is 9.18 Å². The molecule has 2 aromatic carbocycles. The van der Waals surface area contributed by atoms with Gasteiger partial charge in [-0.2, -0.15) is 0 Å². The van der Waals surface area contributed by atoms with Crippen LogP contribution in [0.2, 0.25) is 0 Å². The minimum absolute atomic E-state index is 0.245. The second kappa shape index (κ2) is 7.90. The number of carbonyl (C=O) groups is 1. The van der Waals surface area contributed by atoms with Gasteiger partial charge in [-0.05, 0) is 58.1 Å². The van der Waals surface area contributed by atoms with Gasteiger partial charge in [0.2, 0.25) is 0 Å². The fourth-order valence-electron chi connectivity index (χ4n) is 3.02. The summed E-state index contributed by atoms with van der Waals surface area (Å²) in [5.41, 5.74) is 3.18. The summed E-state index contributed by atoms with van der Waals surface area (Å²) < 4.78 is 13.9. The van der Waals surface area contributed by atoms with E-state index in [0.717, 1.165) is 32.5 Å². The fraction of sp³-hybridized carbons (Fsp3) is 0.316. The van der Waals surface area contributed by atoms with Crippen LogP contribution in [0.1, 0.15) is 27.9 Å². The average Bonchev–Trinajstić information content (AvgIpc) is 2.60. The molecule has 0 bridgehead atoms. The van der Waals surface area contributed by atoms with E-state index in [1.807, 2.05) is 0 Å². The van der Waals surface area contributed by atoms with Gasteiger partial charge in [0.15, 0.2) is 0 Å². The molecule has 0 fully saturated rings. The largest absolute Gasteiger partial charge is 0.352 e. The summed E-state index contributed by atoms with van der Waals surface area (Å²) >= 11 is 3.28. The Hall–Kier alpha value is -1.72. The van der Waals surface area contributed by atoms with Crippen molar-refractivity contribution >= 4 is 21.8 Å². The van der Waals surface area contributed by atoms with Crippen LogP contribution in [0.4, 0.5) is 4.39 Å². The Kier molecular flexibility index (Phi) is 5.63. The fourth-order valence-corrected chi connectivity index (χ4v) is 3.44. The summed E-state index contributed by atoms with van der Waals surface area (Å²) in [5, 5.41) is 2.86. The minimum Gasteiger partial charge on any atom is -0.352 e. The molecule has 0 saturated heterocycles. The van der Waals surface area contributed by atoms with Crippen molar-refractivity contribution in [1.82, 2.24) is 10.2 Å². The van der Waals surface area contributed by atoms with Crippen LogP contribution in [0.25, 0.3) is 0 Å². The SMILES string of the molecule is O=C(NCCCN1CCc2ccccc2C1)c1cc(F)ccc1Br. The van der Waals surface area contributed by atoms with Crippen LogP contribution in [0.5, 0.6) is 0 Å². The molecule has 1 amide bonds. The number of hydrogen-bond acceptors (Lipinski definition) is 2. The second-order valence-electron chi connectivity index (χ2n) is 6.03. The summed E-state index contributed by atoms with van der Waals surface area (Å²) in [6.07, 6.45) is 1.96. The topological polar surface area (TPSA) is 32.3 Å². The van der Waals surface area contributed by atoms with Gasteiger partial charge in [-0.1, -0.05) is 24.3 Å². The van der Waals surface area contributed by atoms with Crippen LogP contribution < -0.4 is 5.32 Å². The molecule has 0 atom stereocenters. The van der Waals surface area contributed by atoms with E-state index in [1.54, 1.807) is 6.07 Å². The number of halogens is 2. The molecule has 1 aliphatic heterocycles. The van der Waals surface area contributed by atoms with E-state index in [9.17, 15) is 9.18 Å². The molecule has 1 N–H and O–H groups in total. The van der Waals surface area contributed by atoms with E-state index in [1.165, 1.54) is 23.3 Å². The lowest BCUT2D eigenvalue weighted by Gasteiger charge is -2.28. The number of hydrogen-bond donors (Lipinski definition) is 1. The monoisotopic (exact) mass is 390 g/mol. The first kappa shape index (κ1) is 17.1. The van der Waals surface area contributed by atoms with Gasteiger partial charge in [-0.25, -0.2) is 4.39 Å². The van der Waals surface area contributed by atoms with Gasteiger partial charge in [0.05, 0.1) is 5.56 Å². The summed E-state index contributed by atoms with van der Waals surface area (Å²) in [4.78, 5) is 14.5. The maximum absolute atomic E-state index is 13.3. The Labute approximate surface area is 150 Å². The third kappa shape index (κ3) is 4.22. The van der Waals surface area contributed by atoms with Crippen molar-refractivity contribution in [3.63, 3.8) is 0 Å². The molecule has 1 heterocycles. The number of benzene rings is 2. The lowest BCUT2D eigenvalue weighted by Crippen LogP contribution is -2.33. The number of amides is 1. The summed E-state index contributed by atoms with van der Waals surface area (Å²) in [5.74, 6) is -0.652. The van der Waals surface area contributed by atoms with Crippen LogP contribution in [0, 0.1) is 5.82 Å². The van der Waals surface area contributed by atoms with Gasteiger partial charge in [0.25, 0.3) is 5.91 Å². The molecule has 0 radical (unpaired) electrons. The van der Waals surface area contributed by atoms with Crippen molar-refractivity contribution in [2.45, 2.75) is 19.4 Å². The highest BCUT2D eigenvalue weighted by Gasteiger charge is 2.15. The third-order valence-electron chi connectivity index (χ3n) is 4.32. The zero-order valence-corrected chi connectivity index (χ0v) is 15.0. The highest BCUT2D eigenvalue weighted by atomic mass is 79.9. The van der Waals surface area contributed by atoms with Crippen LogP contribution >= 0.6 is 15.9 Å². The molecule has 3 rings (SSSR count). The molecule has 0 aliphatic carbocycles. The molecular weight excluding hydrogens is 371 g/mol. The Morgan fingerprint density at radius 3 is 2.83 bits per heavy atom. The molecule has 2 aromatic rings. The first-order valence-electron chi connectivity index (χ1n) is 8.16. The normalized spacial score (nSPS) is 14.2. The predicted molar refractivity (Wildman–Crippen MR) is 96.5 cm³/mol. The number of rotatable bonds is 5. The first-order chi connectivity index (χ1) is 11.6. The van der Waals surface area contributed by atoms with Crippen molar-refractivity contribution in [2.24, 2.45) is 0 Å². The van der Waals surface area contributed by atoms with Gasteiger partial charge >= 0.3 is 0 Å². The van der Waals surface area contributed by atoms with Gasteiger partial charge in [0, 0.05) is 30.7 Å². The van der Waals surface area contributed by atoms with E-state index in [4.69, 9.17) is 0 Å². The van der Waals surface area contributed by atoms with Crippen molar-refractivity contribution in [1.29, 1.82) is 0 Å². The van der Waals surface area contributed by atoms with Gasteiger partial charge in [-0.15, -0.1) is 0 Å². The van der Waals surface area contributed by atoms with E-state index >= 15 is 0 Å². The maximum atomic E-state index is 13.3. The van der Waals surface area contributed by atoms with Gasteiger partial charge < -0.3 is 5.32 Å². The Morgan fingerprint density at radius 2 is 2.00 bits per heavy atom. The lowest BCUT2D eigenvalue weighted by molar-refractivity contribution is 0.0950. The summed E-state index contributed by atoms with van der Waals surface area (Å²) in [7, 11) is 0. The Balaban J connectivity index is 1.44. The molecule has 0 unspecified atom stereocenters. The number of nitrogens with zero attached hydrogens (tertiary/aromatic N) is 1. The zero-order valence-electron chi connectivity index (χ0n) is 13.4. The van der Waals surface area contributed by atoms with Crippen molar-refractivity contribution in [2.75, 3.05) is 19.6 Å². The van der Waals surface area contributed by atoms with Crippen molar-refractivity contribution in [3.8, 4) is 0 Å². The smallest absolute Gasteiger partial charge is 0.252 e. The lowest BCUT2D eigenvalue weighted by atomic mass is 10.00. The molecule has 3 nitrogen and oxygen atoms in total. The van der Waals surface area contributed by atoms with Crippen LogP contribution in [0.15, 0.2) is 46.9 Å². The summed E-state index contributed by atoms with van der Waals surface area (Å²) in [6, 6.07) is 12.7. The highest BCUT2D eigenvalue weighted by molar-refractivity contribution is 9.10. The highest BCUT2D eigenvalue weighted by Crippen LogP contribution is 2.19. The maximum Gasteiger partial charge on any atom is 0.252 e. The molecular formula is C19H20BrFN2O. The van der Waals surface area contributed by atoms with Crippen LogP contribution in [-0.4, -0.2) is 30.4 Å². The molecule has 126 valence electrons. The van der Waals surface area contributed by atoms with Crippen LogP contribution in [0.3, 0.4) is 0 Å². The van der Waals surface area contributed by atoms with Gasteiger partial charge in [0.1, 0.15) is 5.82 Å². The standard InChI is InChI=1S/C19H20BrFN2O/c20-18-7-6-16(21)12-17(18)19(24)22-9-3-10-23-11-8-14-4-1-2-5-15(14)13-23/h1-2,4-7,12H,3,8-11,13H2,(H,22,24). The molecule has 1 aliphatic rings. The van der Waals surface area contributed by atoms with E-state index in [0.29, 0.717) is 16.6 Å². The number of carbonyl (C=O) groups excluding carboxylic acids is 1. The quantitative estimate of drug-likeness (QED) is 0.788. The van der Waals surface area contributed by atoms with E-state index in [-0.39, 0.29) is 5.91 Å². The van der Waals surface area contributed by atoms with E-state index < -0.39 is 5.82 Å². The molecule has 24 heavy (non-hydrogen) atoms. The molecule has 0 saturated carbocycles. The Morgan fingerprint density at radius 1 is 1.21 bits per heavy atom. The summed E-state index contributed by atoms with van der Waals surface area (Å²) in [6.45, 7) is 3.55. The van der Waals surface area contributed by atoms with Gasteiger partial charge in [-0.3, -0.25) is 9.69 Å². The van der Waals surface area contributed by atoms with Crippen LogP contribution in [-0.2, 0) is 13.0 Å². The molecule has 5 heteroatoms. The number of nitrogens with one attached hydrogen (secondary N) is 1. The second-order valence-corrected chi connectivity index (χ2v) is 6.88.